The minimum Gasteiger partial charge on any atom is -0.492 e. The number of benzene rings is 1. The van der Waals surface area contributed by atoms with Gasteiger partial charge < -0.3 is 80.5 Å². The predicted molar refractivity (Wildman–Crippen MR) is 243 cm³/mol. The zero-order valence-electron chi connectivity index (χ0n) is 43.2. The fourth-order valence-corrected chi connectivity index (χ4v) is 8.62. The van der Waals surface area contributed by atoms with Crippen molar-refractivity contribution in [1.29, 1.82) is 0 Å². The van der Waals surface area contributed by atoms with Crippen LogP contribution in [0.4, 0.5) is 0 Å². The van der Waals surface area contributed by atoms with Crippen LogP contribution in [0.15, 0.2) is 42.7 Å². The Morgan fingerprint density at radius 2 is 0.813 bits per heavy atom. The third kappa shape index (κ3) is 17.1. The molecule has 0 saturated carbocycles. The molecule has 1 aromatic rings. The van der Waals surface area contributed by atoms with Crippen molar-refractivity contribution in [2.45, 2.75) is 193 Å². The molecule has 3 saturated heterocycles. The Bertz CT molecular complexity index is 2200. The number of carbonyl (C=O) groups is 9. The van der Waals surface area contributed by atoms with Crippen molar-refractivity contribution in [3.63, 3.8) is 0 Å². The third-order valence-electron chi connectivity index (χ3n) is 11.4. The second-order valence-corrected chi connectivity index (χ2v) is 17.7. The highest BCUT2D eigenvalue weighted by Gasteiger charge is 2.59. The van der Waals surface area contributed by atoms with E-state index >= 15 is 0 Å². The highest BCUT2D eigenvalue weighted by atomic mass is 16.8. The van der Waals surface area contributed by atoms with Gasteiger partial charge >= 0.3 is 53.7 Å². The number of hydrogen-bond donors (Lipinski definition) is 0. The molecule has 26 nitrogen and oxygen atoms in total. The number of ether oxygens (including phenoxy) is 17. The van der Waals surface area contributed by atoms with Gasteiger partial charge in [-0.05, 0) is 25.5 Å². The first-order valence-corrected chi connectivity index (χ1v) is 23.8. The van der Waals surface area contributed by atoms with Gasteiger partial charge in [0.15, 0.2) is 73.8 Å². The monoisotopic (exact) mass is 1070 g/mol. The maximum atomic E-state index is 13.1. The molecule has 0 aromatic heterocycles. The van der Waals surface area contributed by atoms with Crippen molar-refractivity contribution in [1.82, 2.24) is 0 Å². The number of carbonyl (C=O) groups excluding carboxylic acids is 9. The van der Waals surface area contributed by atoms with Crippen LogP contribution in [0.1, 0.15) is 81.7 Å². The van der Waals surface area contributed by atoms with E-state index in [2.05, 4.69) is 0 Å². The molecular formula is C49H64O26. The number of hydrogen-bond acceptors (Lipinski definition) is 26. The van der Waals surface area contributed by atoms with Crippen molar-refractivity contribution in [2.24, 2.45) is 0 Å². The van der Waals surface area contributed by atoms with E-state index in [1.807, 2.05) is 0 Å². The molecule has 3 fully saturated rings. The summed E-state index contributed by atoms with van der Waals surface area (Å²) in [5, 5.41) is 0. The Morgan fingerprint density at radius 3 is 1.32 bits per heavy atom. The van der Waals surface area contributed by atoms with E-state index in [0.717, 1.165) is 55.4 Å². The summed E-state index contributed by atoms with van der Waals surface area (Å²) in [6, 6.07) is 8.94. The van der Waals surface area contributed by atoms with Crippen molar-refractivity contribution < 1.29 is 124 Å². The van der Waals surface area contributed by atoms with E-state index in [1.54, 1.807) is 37.3 Å². The molecular weight excluding hydrogens is 1000 g/mol. The fraction of sp³-hybridized carbons (Fsp3) is 0.653. The summed E-state index contributed by atoms with van der Waals surface area (Å²) in [7, 11) is 0. The summed E-state index contributed by atoms with van der Waals surface area (Å²) in [6.07, 6.45) is -24.8. The van der Waals surface area contributed by atoms with Crippen molar-refractivity contribution in [3.8, 4) is 0 Å². The lowest BCUT2D eigenvalue weighted by Gasteiger charge is -2.49. The van der Waals surface area contributed by atoms with Crippen LogP contribution in [0.2, 0.25) is 0 Å². The Balaban J connectivity index is 1.65. The topological polar surface area (TPSA) is 311 Å². The molecule has 416 valence electrons. The second-order valence-electron chi connectivity index (χ2n) is 17.7. The van der Waals surface area contributed by atoms with Crippen LogP contribution < -0.4 is 0 Å². The average molecular weight is 1070 g/mol. The second kappa shape index (κ2) is 27.5. The lowest BCUT2D eigenvalue weighted by molar-refractivity contribution is -0.379. The van der Waals surface area contributed by atoms with Gasteiger partial charge in [-0.2, -0.15) is 0 Å². The van der Waals surface area contributed by atoms with Crippen molar-refractivity contribution in [2.75, 3.05) is 13.2 Å². The van der Waals surface area contributed by atoms with Crippen molar-refractivity contribution >= 4 is 53.7 Å². The molecule has 0 amide bonds. The molecule has 4 aliphatic heterocycles. The van der Waals surface area contributed by atoms with E-state index in [0.29, 0.717) is 5.56 Å². The summed E-state index contributed by atoms with van der Waals surface area (Å²) in [5.74, 6) is -7.64. The zero-order valence-corrected chi connectivity index (χ0v) is 43.2. The summed E-state index contributed by atoms with van der Waals surface area (Å²) in [4.78, 5) is 114. The molecule has 5 rings (SSSR count). The van der Waals surface area contributed by atoms with Crippen LogP contribution in [0.3, 0.4) is 0 Å². The molecule has 4 heterocycles. The van der Waals surface area contributed by atoms with Crippen LogP contribution in [-0.2, 0) is 130 Å². The van der Waals surface area contributed by atoms with Crippen LogP contribution in [-0.4, -0.2) is 177 Å². The van der Waals surface area contributed by atoms with Gasteiger partial charge in [0.25, 0.3) is 0 Å². The third-order valence-corrected chi connectivity index (χ3v) is 11.4. The summed E-state index contributed by atoms with van der Waals surface area (Å²) >= 11 is 0. The quantitative estimate of drug-likeness (QED) is 0.132. The highest BCUT2D eigenvalue weighted by Crippen LogP contribution is 2.38. The van der Waals surface area contributed by atoms with E-state index in [1.165, 1.54) is 26.2 Å². The summed E-state index contributed by atoms with van der Waals surface area (Å²) < 4.78 is 101. The van der Waals surface area contributed by atoms with Crippen LogP contribution in [0.5, 0.6) is 0 Å². The van der Waals surface area contributed by atoms with E-state index in [4.69, 9.17) is 80.5 Å². The van der Waals surface area contributed by atoms with Crippen LogP contribution in [0, 0.1) is 0 Å². The first-order valence-electron chi connectivity index (χ1n) is 23.8. The normalized spacial score (nSPS) is 33.2. The first kappa shape index (κ1) is 59.6. The van der Waals surface area contributed by atoms with E-state index in [9.17, 15) is 43.2 Å². The average Bonchev–Trinajstić information content (AvgIpc) is 3.30. The number of rotatable bonds is 20. The molecule has 1 aromatic carbocycles. The van der Waals surface area contributed by atoms with Crippen molar-refractivity contribution in [3.05, 3.63) is 48.2 Å². The lowest BCUT2D eigenvalue weighted by atomic mass is 9.96. The minimum absolute atomic E-state index is 0.0472. The van der Waals surface area contributed by atoms with Gasteiger partial charge in [0.1, 0.15) is 37.6 Å². The van der Waals surface area contributed by atoms with Gasteiger partial charge in [-0.3, -0.25) is 43.2 Å². The summed E-state index contributed by atoms with van der Waals surface area (Å²) in [5.41, 5.74) is 0.712. The minimum atomic E-state index is -1.94. The van der Waals surface area contributed by atoms with Gasteiger partial charge in [-0.1, -0.05) is 30.3 Å². The van der Waals surface area contributed by atoms with Crippen LogP contribution in [0.25, 0.3) is 0 Å². The Kier molecular flexibility index (Phi) is 21.8. The Labute approximate surface area is 431 Å². The largest absolute Gasteiger partial charge is 0.492 e. The lowest BCUT2D eigenvalue weighted by Crippen LogP contribution is -2.67. The molecule has 0 spiro atoms. The van der Waals surface area contributed by atoms with Crippen LogP contribution >= 0.6 is 0 Å². The molecule has 4 aliphatic rings. The molecule has 9 unspecified atom stereocenters. The smallest absolute Gasteiger partial charge is 0.303 e. The SMILES string of the molecule is CC(=O)OCC1OC=CC(O[C@@H]2OC(C)[C@@H](OC(C)=O)C(OCc3ccccc3)[C@@H]2OC(C)=O)[C@@H]1O[C@@H]1OC(COC(C)=O)[C@H](OC(C)=O)[C@H](OC(C)=O)C1OC1OC(C)[C@@H](OC(C)=O)C(OC(C)=O)[C@H]1OC(C)=O. The molecule has 75 heavy (non-hydrogen) atoms. The highest BCUT2D eigenvalue weighted by molar-refractivity contribution is 5.70. The molecule has 0 N–H and O–H groups in total. The van der Waals surface area contributed by atoms with E-state index < -0.39 is 177 Å². The zero-order chi connectivity index (χ0) is 55.3. The maximum Gasteiger partial charge on any atom is 0.303 e. The molecule has 18 atom stereocenters. The summed E-state index contributed by atoms with van der Waals surface area (Å²) in [6.45, 7) is 11.5. The number of esters is 9. The van der Waals surface area contributed by atoms with Gasteiger partial charge in [0.2, 0.25) is 0 Å². The van der Waals surface area contributed by atoms with Gasteiger partial charge in [-0.25, -0.2) is 0 Å². The van der Waals surface area contributed by atoms with Gasteiger partial charge in [0.05, 0.1) is 25.1 Å². The molecule has 26 heteroatoms. The molecule has 0 bridgehead atoms. The molecule has 0 aliphatic carbocycles. The Hall–Kier alpha value is -6.29. The van der Waals surface area contributed by atoms with E-state index in [-0.39, 0.29) is 6.61 Å². The predicted octanol–water partition coefficient (Wildman–Crippen LogP) is 1.50. The molecule has 0 radical (unpaired) electrons. The Morgan fingerprint density at radius 1 is 0.413 bits per heavy atom. The standard InChI is InChI=1S/C49H64O26/c1-22-37(65-26(5)52)41(62-19-33-15-13-12-14-16-33)44(70-31(10)57)47(63-22)72-34-17-18-59-35(20-60-24(3)50)39(34)74-49-46(43(69-30(9)56)40(67-28(7)54)36(73-49)21-61-25(4)51)75-48-45(71-32(11)58)42(68-29(8)55)38(23(2)64-48)66-27(6)53/h12-18,22-23,34-49H,19-21H2,1-11H3/t22?,23?,34?,35?,36?,37-,38-,39+,40+,41?,42?,43+,44+,45-,46?,47+,48?,49+/m1/s1. The van der Waals surface area contributed by atoms with Gasteiger partial charge in [0, 0.05) is 62.3 Å². The maximum absolute atomic E-state index is 13.1. The first-order chi connectivity index (χ1) is 35.4. The van der Waals surface area contributed by atoms with Gasteiger partial charge in [-0.15, -0.1) is 0 Å². The fourth-order valence-electron chi connectivity index (χ4n) is 8.62.